The molecule has 0 bridgehead atoms. The van der Waals surface area contributed by atoms with Crippen LogP contribution in [0.4, 0.5) is 0 Å². The molecule has 3 fully saturated rings. The van der Waals surface area contributed by atoms with Crippen LogP contribution in [0, 0.1) is 18.8 Å². The van der Waals surface area contributed by atoms with Crippen LogP contribution in [0.2, 0.25) is 0 Å². The number of ether oxygens (including phenoxy) is 2. The molecule has 0 aliphatic carbocycles. The molecule has 3 saturated heterocycles. The van der Waals surface area contributed by atoms with E-state index in [4.69, 9.17) is 9.47 Å². The first kappa shape index (κ1) is 15.1. The molecule has 2 N–H and O–H groups in total. The first-order valence-electron chi connectivity index (χ1n) is 8.30. The molecule has 3 aliphatic rings. The van der Waals surface area contributed by atoms with Gasteiger partial charge in [0.05, 0.1) is 18.8 Å². The SMILES string of the molecule is Cc1cnc(C(=O)N2C[C@H]3COCC[C@@]3(O)[C@@H]3COCC[C@@H]32)[nH]1. The summed E-state index contributed by atoms with van der Waals surface area (Å²) in [6.07, 6.45) is 3.04. The highest BCUT2D eigenvalue weighted by Gasteiger charge is 2.56. The van der Waals surface area contributed by atoms with Crippen molar-refractivity contribution in [2.45, 2.75) is 31.4 Å². The standard InChI is InChI=1S/C16H23N3O4/c1-10-6-17-14(18-10)15(20)19-7-11-8-23-5-3-16(11,21)12-9-22-4-2-13(12)19/h6,11-13,21H,2-5,7-9H2,1H3,(H,17,18)/t11-,12+,13-,16-/m0/s1. The number of aromatic amines is 1. The number of nitrogens with zero attached hydrogens (tertiary/aromatic N) is 2. The minimum atomic E-state index is -0.792. The molecule has 1 aromatic heterocycles. The molecule has 7 heteroatoms. The topological polar surface area (TPSA) is 87.7 Å². The van der Waals surface area contributed by atoms with Crippen LogP contribution in [0.25, 0.3) is 0 Å². The maximum Gasteiger partial charge on any atom is 0.289 e. The fourth-order valence-electron chi connectivity index (χ4n) is 4.35. The number of piperidine rings is 1. The first-order chi connectivity index (χ1) is 11.1. The summed E-state index contributed by atoms with van der Waals surface area (Å²) in [5, 5.41) is 11.2. The van der Waals surface area contributed by atoms with Gasteiger partial charge in [-0.15, -0.1) is 0 Å². The van der Waals surface area contributed by atoms with E-state index >= 15 is 0 Å². The van der Waals surface area contributed by atoms with Crippen molar-refractivity contribution in [1.82, 2.24) is 14.9 Å². The van der Waals surface area contributed by atoms with E-state index in [-0.39, 0.29) is 23.8 Å². The third-order valence-corrected chi connectivity index (χ3v) is 5.62. The van der Waals surface area contributed by atoms with Gasteiger partial charge in [-0.3, -0.25) is 4.79 Å². The van der Waals surface area contributed by atoms with E-state index in [1.54, 1.807) is 6.20 Å². The molecule has 4 atom stereocenters. The van der Waals surface area contributed by atoms with Crippen LogP contribution in [0.1, 0.15) is 29.2 Å². The van der Waals surface area contributed by atoms with Crippen molar-refractivity contribution >= 4 is 5.91 Å². The summed E-state index contributed by atoms with van der Waals surface area (Å²) in [5.41, 5.74) is 0.0746. The number of aromatic nitrogens is 2. The van der Waals surface area contributed by atoms with Gasteiger partial charge in [0.25, 0.3) is 5.91 Å². The number of imidazole rings is 1. The second kappa shape index (κ2) is 5.58. The van der Waals surface area contributed by atoms with Crippen LogP contribution in [-0.2, 0) is 9.47 Å². The molecule has 4 heterocycles. The van der Waals surface area contributed by atoms with E-state index in [0.717, 1.165) is 12.1 Å². The maximum absolute atomic E-state index is 12.9. The number of amides is 1. The summed E-state index contributed by atoms with van der Waals surface area (Å²) < 4.78 is 11.2. The smallest absolute Gasteiger partial charge is 0.289 e. The zero-order valence-corrected chi connectivity index (χ0v) is 13.3. The third kappa shape index (κ3) is 2.38. The Bertz CT molecular complexity index is 604. The van der Waals surface area contributed by atoms with Gasteiger partial charge in [0.1, 0.15) is 0 Å². The molecule has 1 aromatic rings. The van der Waals surface area contributed by atoms with Crippen LogP contribution in [0.3, 0.4) is 0 Å². The molecule has 0 spiro atoms. The van der Waals surface area contributed by atoms with E-state index in [1.165, 1.54) is 0 Å². The van der Waals surface area contributed by atoms with E-state index < -0.39 is 5.60 Å². The lowest BCUT2D eigenvalue weighted by Gasteiger charge is -2.56. The number of carbonyl (C=O) groups excluding carboxylic acids is 1. The Morgan fingerprint density at radius 1 is 1.43 bits per heavy atom. The summed E-state index contributed by atoms with van der Waals surface area (Å²) in [5.74, 6) is 0.149. The van der Waals surface area contributed by atoms with Crippen molar-refractivity contribution in [1.29, 1.82) is 0 Å². The number of hydrogen-bond acceptors (Lipinski definition) is 5. The Kier molecular flexibility index (Phi) is 3.66. The fourth-order valence-corrected chi connectivity index (χ4v) is 4.35. The number of carbonyl (C=O) groups is 1. The summed E-state index contributed by atoms with van der Waals surface area (Å²) in [4.78, 5) is 22.0. The van der Waals surface area contributed by atoms with Gasteiger partial charge in [0.2, 0.25) is 0 Å². The fraction of sp³-hybridized carbons (Fsp3) is 0.750. The predicted octanol–water partition coefficient (Wildman–Crippen LogP) is 0.347. The number of aryl methyl sites for hydroxylation is 1. The van der Waals surface area contributed by atoms with Gasteiger partial charge in [-0.05, 0) is 13.3 Å². The Morgan fingerprint density at radius 2 is 2.26 bits per heavy atom. The highest BCUT2D eigenvalue weighted by atomic mass is 16.5. The Labute approximate surface area is 135 Å². The lowest BCUT2D eigenvalue weighted by molar-refractivity contribution is -0.212. The number of likely N-dealkylation sites (tertiary alicyclic amines) is 1. The van der Waals surface area contributed by atoms with Gasteiger partial charge in [-0.2, -0.15) is 0 Å². The molecule has 126 valence electrons. The molecule has 4 rings (SSSR count). The van der Waals surface area contributed by atoms with E-state index in [1.807, 2.05) is 11.8 Å². The van der Waals surface area contributed by atoms with Crippen LogP contribution >= 0.6 is 0 Å². The second-order valence-electron chi connectivity index (χ2n) is 6.92. The Balaban J connectivity index is 1.66. The number of rotatable bonds is 1. The highest BCUT2D eigenvalue weighted by Crippen LogP contribution is 2.44. The van der Waals surface area contributed by atoms with Crippen LogP contribution in [0.5, 0.6) is 0 Å². The monoisotopic (exact) mass is 321 g/mol. The second-order valence-corrected chi connectivity index (χ2v) is 6.92. The van der Waals surface area contributed by atoms with Gasteiger partial charge in [0.15, 0.2) is 5.82 Å². The number of H-pyrrole nitrogens is 1. The minimum absolute atomic E-state index is 0.000932. The van der Waals surface area contributed by atoms with Crippen LogP contribution in [-0.4, -0.2) is 70.5 Å². The largest absolute Gasteiger partial charge is 0.389 e. The van der Waals surface area contributed by atoms with Crippen molar-refractivity contribution < 1.29 is 19.4 Å². The van der Waals surface area contributed by atoms with E-state index in [2.05, 4.69) is 9.97 Å². The Hall–Kier alpha value is -1.44. The van der Waals surface area contributed by atoms with Crippen LogP contribution < -0.4 is 0 Å². The summed E-state index contributed by atoms with van der Waals surface area (Å²) in [6, 6.07) is 0.000932. The molecule has 0 aromatic carbocycles. The van der Waals surface area contributed by atoms with Gasteiger partial charge in [-0.25, -0.2) is 4.98 Å². The van der Waals surface area contributed by atoms with Crippen LogP contribution in [0.15, 0.2) is 6.20 Å². The summed E-state index contributed by atoms with van der Waals surface area (Å²) in [7, 11) is 0. The number of fused-ring (bicyclic) bond motifs is 3. The maximum atomic E-state index is 12.9. The first-order valence-corrected chi connectivity index (χ1v) is 8.30. The molecule has 0 radical (unpaired) electrons. The predicted molar refractivity (Wildman–Crippen MR) is 81.0 cm³/mol. The van der Waals surface area contributed by atoms with Gasteiger partial charge < -0.3 is 24.5 Å². The Morgan fingerprint density at radius 3 is 3.04 bits per heavy atom. The normalized spacial score (nSPS) is 37.1. The van der Waals surface area contributed by atoms with Crippen molar-refractivity contribution in [3.63, 3.8) is 0 Å². The third-order valence-electron chi connectivity index (χ3n) is 5.62. The molecule has 1 amide bonds. The van der Waals surface area contributed by atoms with Crippen molar-refractivity contribution in [2.75, 3.05) is 33.0 Å². The molecule has 23 heavy (non-hydrogen) atoms. The molecule has 0 saturated carbocycles. The van der Waals surface area contributed by atoms with E-state index in [0.29, 0.717) is 45.2 Å². The van der Waals surface area contributed by atoms with Gasteiger partial charge in [-0.1, -0.05) is 0 Å². The number of hydrogen-bond donors (Lipinski definition) is 2. The lowest BCUT2D eigenvalue weighted by atomic mass is 9.66. The molecular weight excluding hydrogens is 298 g/mol. The zero-order valence-electron chi connectivity index (χ0n) is 13.3. The minimum Gasteiger partial charge on any atom is -0.389 e. The van der Waals surface area contributed by atoms with E-state index in [9.17, 15) is 9.90 Å². The lowest BCUT2D eigenvalue weighted by Crippen LogP contribution is -2.68. The molecule has 7 nitrogen and oxygen atoms in total. The summed E-state index contributed by atoms with van der Waals surface area (Å²) in [6.45, 7) is 4.57. The van der Waals surface area contributed by atoms with Crippen molar-refractivity contribution in [2.24, 2.45) is 11.8 Å². The molecule has 3 aliphatic heterocycles. The number of nitrogens with one attached hydrogen (secondary N) is 1. The zero-order chi connectivity index (χ0) is 16.0. The number of aliphatic hydroxyl groups is 1. The average molecular weight is 321 g/mol. The summed E-state index contributed by atoms with van der Waals surface area (Å²) >= 11 is 0. The van der Waals surface area contributed by atoms with Crippen molar-refractivity contribution in [3.8, 4) is 0 Å². The quantitative estimate of drug-likeness (QED) is 0.779. The highest BCUT2D eigenvalue weighted by molar-refractivity contribution is 5.91. The molecule has 0 unspecified atom stereocenters. The molecular formula is C16H23N3O4. The van der Waals surface area contributed by atoms with Gasteiger partial charge >= 0.3 is 0 Å². The average Bonchev–Trinajstić information content (AvgIpc) is 3.00. The van der Waals surface area contributed by atoms with Gasteiger partial charge in [0, 0.05) is 55.9 Å². The van der Waals surface area contributed by atoms with Crippen molar-refractivity contribution in [3.05, 3.63) is 17.7 Å².